The Balaban J connectivity index is 1.17. The summed E-state index contributed by atoms with van der Waals surface area (Å²) in [7, 11) is 0. The van der Waals surface area contributed by atoms with Crippen LogP contribution in [0.5, 0.6) is 0 Å². The Labute approximate surface area is 235 Å². The van der Waals surface area contributed by atoms with Crippen molar-refractivity contribution < 1.29 is 36.3 Å². The molecule has 1 unspecified atom stereocenters. The summed E-state index contributed by atoms with van der Waals surface area (Å²) >= 11 is 0. The van der Waals surface area contributed by atoms with Crippen LogP contribution < -0.4 is 16.0 Å². The summed E-state index contributed by atoms with van der Waals surface area (Å²) in [6.45, 7) is 0.0891. The second-order valence-electron chi connectivity index (χ2n) is 12.9. The largest absolute Gasteiger partial charge is 0.395 e. The first-order valence-electron chi connectivity index (χ1n) is 14.5. The number of hydrogen-bond acceptors (Lipinski definition) is 5. The third-order valence-corrected chi connectivity index (χ3v) is 9.96. The van der Waals surface area contributed by atoms with Gasteiger partial charge in [0.15, 0.2) is 0 Å². The van der Waals surface area contributed by atoms with E-state index in [-0.39, 0.29) is 75.4 Å². The van der Waals surface area contributed by atoms with Gasteiger partial charge < -0.3 is 15.5 Å². The quantitative estimate of drug-likeness (QED) is 0.300. The monoisotopic (exact) mass is 582 g/mol. The van der Waals surface area contributed by atoms with E-state index in [1.54, 1.807) is 12.1 Å². The Morgan fingerprint density at radius 1 is 1.00 bits per heavy atom. The summed E-state index contributed by atoms with van der Waals surface area (Å²) in [5.74, 6) is -3.98. The van der Waals surface area contributed by atoms with Crippen molar-refractivity contribution in [3.05, 3.63) is 29.3 Å². The highest BCUT2D eigenvalue weighted by atomic mass is 19.4. The maximum Gasteiger partial charge on any atom is 0.395 e. The molecule has 3 amide bonds. The molecule has 5 aliphatic rings. The number of benzene rings is 1. The first kappa shape index (κ1) is 28.4. The van der Waals surface area contributed by atoms with E-state index in [0.717, 1.165) is 5.56 Å². The van der Waals surface area contributed by atoms with E-state index in [1.807, 2.05) is 6.07 Å². The fourth-order valence-corrected chi connectivity index (χ4v) is 7.28. The summed E-state index contributed by atoms with van der Waals surface area (Å²) in [5.41, 5.74) is -0.273. The van der Waals surface area contributed by atoms with Gasteiger partial charge in [-0.15, -0.1) is 0 Å². The smallest absolute Gasteiger partial charge is 0.379 e. The van der Waals surface area contributed by atoms with Gasteiger partial charge >= 0.3 is 6.18 Å². The van der Waals surface area contributed by atoms with E-state index in [4.69, 9.17) is 0 Å². The molecule has 0 spiro atoms. The van der Waals surface area contributed by atoms with Gasteiger partial charge in [0.25, 0.3) is 5.91 Å². The number of rotatable bonds is 8. The zero-order valence-electron chi connectivity index (χ0n) is 22.7. The normalized spacial score (nSPS) is 31.0. The molecule has 12 heteroatoms. The van der Waals surface area contributed by atoms with Crippen LogP contribution in [-0.2, 0) is 16.1 Å². The second kappa shape index (κ2) is 9.91. The van der Waals surface area contributed by atoms with Crippen LogP contribution in [-0.4, -0.2) is 58.9 Å². The minimum absolute atomic E-state index is 0.0846. The van der Waals surface area contributed by atoms with Gasteiger partial charge in [-0.3, -0.25) is 19.7 Å². The minimum Gasteiger partial charge on any atom is -0.379 e. The highest BCUT2D eigenvalue weighted by molar-refractivity contribution is 6.06. The van der Waals surface area contributed by atoms with Gasteiger partial charge in [0.05, 0.1) is 5.41 Å². The molecule has 2 aliphatic heterocycles. The van der Waals surface area contributed by atoms with E-state index in [1.165, 1.54) is 4.90 Å². The van der Waals surface area contributed by atoms with E-state index >= 15 is 0 Å². The Bertz CT molecular complexity index is 1230. The Morgan fingerprint density at radius 3 is 2.32 bits per heavy atom. The van der Waals surface area contributed by atoms with Crippen molar-refractivity contribution in [3.8, 4) is 0 Å². The first-order valence-corrected chi connectivity index (χ1v) is 14.5. The molecule has 0 aromatic heterocycles. The van der Waals surface area contributed by atoms with Crippen molar-refractivity contribution in [3.63, 3.8) is 0 Å². The fourth-order valence-electron chi connectivity index (χ4n) is 7.28. The molecule has 224 valence electrons. The summed E-state index contributed by atoms with van der Waals surface area (Å²) < 4.78 is 67.7. The van der Waals surface area contributed by atoms with Crippen molar-refractivity contribution in [2.24, 2.45) is 11.3 Å². The standard InChI is InChI=1S/C29H35F5N4O3/c30-28(31)13-17(14-28)12-27(8-6-18(7-9-27)35-16-26(10-11-26)29(32,33)34)37-21-3-1-2-19-20(21)15-38(25(19)41)22-4-5-23(39)36-24(22)40/h1-3,17-18,22,35,37H,4-16H2,(H,36,39,40). The summed E-state index contributed by atoms with van der Waals surface area (Å²) in [5, 5.41) is 9.07. The molecular formula is C29H35F5N4O3. The van der Waals surface area contributed by atoms with Crippen LogP contribution in [0.2, 0.25) is 0 Å². The molecule has 6 rings (SSSR count). The van der Waals surface area contributed by atoms with Crippen LogP contribution in [0.4, 0.5) is 27.6 Å². The molecule has 1 aromatic rings. The van der Waals surface area contributed by atoms with Gasteiger partial charge in [0, 0.05) is 60.7 Å². The van der Waals surface area contributed by atoms with Crippen molar-refractivity contribution in [1.29, 1.82) is 0 Å². The number of carbonyl (C=O) groups is 3. The molecule has 4 fully saturated rings. The topological polar surface area (TPSA) is 90.5 Å². The van der Waals surface area contributed by atoms with Crippen molar-refractivity contribution in [2.75, 3.05) is 11.9 Å². The molecule has 1 saturated heterocycles. The van der Waals surface area contributed by atoms with E-state index in [0.29, 0.717) is 43.4 Å². The molecule has 3 saturated carbocycles. The van der Waals surface area contributed by atoms with Crippen molar-refractivity contribution >= 4 is 23.4 Å². The molecule has 41 heavy (non-hydrogen) atoms. The summed E-state index contributed by atoms with van der Waals surface area (Å²) in [6.07, 6.45) is -0.967. The molecule has 0 radical (unpaired) electrons. The molecule has 1 atom stereocenters. The van der Waals surface area contributed by atoms with E-state index < -0.39 is 35.0 Å². The van der Waals surface area contributed by atoms with Crippen LogP contribution >= 0.6 is 0 Å². The SMILES string of the molecule is O=C1CCC(N2Cc3c(NC4(CC5CC(F)(F)C5)CCC(NCC5(C(F)(F)F)CC5)CC4)cccc3C2=O)C(=O)N1. The summed E-state index contributed by atoms with van der Waals surface area (Å²) in [4.78, 5) is 38.9. The molecular weight excluding hydrogens is 547 g/mol. The highest BCUT2D eigenvalue weighted by Gasteiger charge is 2.63. The van der Waals surface area contributed by atoms with E-state index in [9.17, 15) is 36.3 Å². The van der Waals surface area contributed by atoms with E-state index in [2.05, 4.69) is 16.0 Å². The molecule has 1 aromatic carbocycles. The average Bonchev–Trinajstić information content (AvgIpc) is 3.61. The third kappa shape index (κ3) is 5.44. The number of nitrogens with one attached hydrogen (secondary N) is 3. The fraction of sp³-hybridized carbons (Fsp3) is 0.690. The number of carbonyl (C=O) groups excluding carboxylic acids is 3. The summed E-state index contributed by atoms with van der Waals surface area (Å²) in [6, 6.07) is 4.46. The van der Waals surface area contributed by atoms with Crippen LogP contribution in [0.1, 0.15) is 86.6 Å². The number of anilines is 1. The maximum absolute atomic E-state index is 13.8. The number of hydrogen-bond donors (Lipinski definition) is 3. The van der Waals surface area contributed by atoms with Crippen LogP contribution in [0.25, 0.3) is 0 Å². The lowest BCUT2D eigenvalue weighted by molar-refractivity contribution is -0.186. The molecule has 3 N–H and O–H groups in total. The zero-order valence-corrected chi connectivity index (χ0v) is 22.7. The first-order chi connectivity index (χ1) is 19.3. The predicted octanol–water partition coefficient (Wildman–Crippen LogP) is 4.91. The molecule has 3 aliphatic carbocycles. The Kier molecular flexibility index (Phi) is 6.86. The van der Waals surface area contributed by atoms with Gasteiger partial charge in [0.2, 0.25) is 17.7 Å². The van der Waals surface area contributed by atoms with Crippen molar-refractivity contribution in [2.45, 2.75) is 107 Å². The Hall–Kier alpha value is -2.76. The molecule has 2 heterocycles. The minimum atomic E-state index is -4.22. The number of nitrogens with zero attached hydrogens (tertiary/aromatic N) is 1. The molecule has 7 nitrogen and oxygen atoms in total. The number of halogens is 5. The second-order valence-corrected chi connectivity index (χ2v) is 12.9. The lowest BCUT2D eigenvalue weighted by Crippen LogP contribution is -2.52. The van der Waals surface area contributed by atoms with Gasteiger partial charge in [0.1, 0.15) is 6.04 Å². The van der Waals surface area contributed by atoms with Gasteiger partial charge in [-0.2, -0.15) is 13.2 Å². The Morgan fingerprint density at radius 2 is 1.71 bits per heavy atom. The number of fused-ring (bicyclic) bond motifs is 1. The number of amides is 3. The third-order valence-electron chi connectivity index (χ3n) is 9.96. The number of imide groups is 1. The number of alkyl halides is 5. The van der Waals surface area contributed by atoms with Crippen LogP contribution in [0.3, 0.4) is 0 Å². The maximum atomic E-state index is 13.8. The van der Waals surface area contributed by atoms with Crippen molar-refractivity contribution in [1.82, 2.24) is 15.5 Å². The van der Waals surface area contributed by atoms with Crippen LogP contribution in [0.15, 0.2) is 18.2 Å². The van der Waals surface area contributed by atoms with Gasteiger partial charge in [-0.1, -0.05) is 6.07 Å². The van der Waals surface area contributed by atoms with Crippen LogP contribution in [0, 0.1) is 11.3 Å². The number of piperidine rings is 1. The lowest BCUT2D eigenvalue weighted by atomic mass is 9.68. The zero-order chi connectivity index (χ0) is 29.2. The highest BCUT2D eigenvalue weighted by Crippen LogP contribution is 2.57. The van der Waals surface area contributed by atoms with Gasteiger partial charge in [-0.05, 0) is 69.4 Å². The molecule has 0 bridgehead atoms. The van der Waals surface area contributed by atoms with Gasteiger partial charge in [-0.25, -0.2) is 8.78 Å². The average molecular weight is 583 g/mol. The lowest BCUT2D eigenvalue weighted by Gasteiger charge is -2.47. The predicted molar refractivity (Wildman–Crippen MR) is 139 cm³/mol.